The van der Waals surface area contributed by atoms with Gasteiger partial charge in [0.1, 0.15) is 22.8 Å². The number of piperazine rings is 1. The van der Waals surface area contributed by atoms with Crippen LogP contribution in [0.1, 0.15) is 28.9 Å². The largest absolute Gasteiger partial charge is 0.378 e. The number of aromatic nitrogens is 3. The number of nitrogens with one attached hydrogen (secondary N) is 1. The molecule has 9 nitrogen and oxygen atoms in total. The molecule has 0 bridgehead atoms. The normalized spacial score (nSPS) is 18.9. The summed E-state index contributed by atoms with van der Waals surface area (Å²) in [6, 6.07) is 5.83. The Labute approximate surface area is 213 Å². The van der Waals surface area contributed by atoms with Gasteiger partial charge in [0.05, 0.1) is 24.9 Å². The highest BCUT2D eigenvalue weighted by Gasteiger charge is 2.28. The molecule has 1 aliphatic carbocycles. The molecule has 2 aromatic heterocycles. The van der Waals surface area contributed by atoms with Crippen LogP contribution in [0.15, 0.2) is 30.5 Å². The first-order valence-corrected chi connectivity index (χ1v) is 12.8. The van der Waals surface area contributed by atoms with Gasteiger partial charge >= 0.3 is 0 Å². The summed E-state index contributed by atoms with van der Waals surface area (Å²) in [5.41, 5.74) is 2.11. The van der Waals surface area contributed by atoms with Crippen LogP contribution < -0.4 is 10.2 Å². The molecule has 0 spiro atoms. The summed E-state index contributed by atoms with van der Waals surface area (Å²) in [4.78, 5) is 33.2. The Morgan fingerprint density at radius 3 is 2.51 bits per heavy atom. The third-order valence-corrected chi connectivity index (χ3v) is 7.05. The van der Waals surface area contributed by atoms with Crippen molar-refractivity contribution in [1.82, 2.24) is 24.8 Å². The van der Waals surface area contributed by atoms with E-state index in [0.717, 1.165) is 24.7 Å². The van der Waals surface area contributed by atoms with Gasteiger partial charge in [0.15, 0.2) is 11.6 Å². The quantitative estimate of drug-likeness (QED) is 0.543. The topological polar surface area (TPSA) is 86.7 Å². The fourth-order valence-corrected chi connectivity index (χ4v) is 4.74. The first-order valence-electron chi connectivity index (χ1n) is 12.8. The van der Waals surface area contributed by atoms with Crippen molar-refractivity contribution in [2.24, 2.45) is 0 Å². The van der Waals surface area contributed by atoms with E-state index in [4.69, 9.17) is 14.7 Å². The Bertz CT molecular complexity index is 1310. The lowest BCUT2D eigenvalue weighted by molar-refractivity contribution is 0.0299. The molecule has 37 heavy (non-hydrogen) atoms. The Morgan fingerprint density at radius 2 is 1.78 bits per heavy atom. The van der Waals surface area contributed by atoms with Crippen molar-refractivity contribution in [2.75, 3.05) is 62.7 Å². The van der Waals surface area contributed by atoms with E-state index >= 15 is 0 Å². The van der Waals surface area contributed by atoms with Crippen LogP contribution in [-0.2, 0) is 11.3 Å². The standard InChI is InChI=1S/C26H29F2N7O2/c27-18-2-1-17(20(28)13-18)16-33-5-7-34(8-6-33)25-24(30-19-3-4-19)31-21-14-22(29-15-23(21)32-25)26(36)35-9-11-37-12-10-35/h1-2,13-15,19H,3-12,16H2,(H,30,31). The maximum atomic E-state index is 14.1. The Hall–Kier alpha value is -3.44. The second-order valence-corrected chi connectivity index (χ2v) is 9.78. The number of rotatable bonds is 6. The second-order valence-electron chi connectivity index (χ2n) is 9.78. The average molecular weight is 510 g/mol. The number of pyridine rings is 1. The van der Waals surface area contributed by atoms with Gasteiger partial charge in [-0.25, -0.2) is 23.7 Å². The zero-order chi connectivity index (χ0) is 25.4. The van der Waals surface area contributed by atoms with Gasteiger partial charge in [-0.15, -0.1) is 0 Å². The van der Waals surface area contributed by atoms with Gasteiger partial charge in [0, 0.05) is 63.5 Å². The van der Waals surface area contributed by atoms with E-state index in [9.17, 15) is 13.6 Å². The molecule has 3 aromatic rings. The third-order valence-electron chi connectivity index (χ3n) is 7.05. The minimum Gasteiger partial charge on any atom is -0.378 e. The van der Waals surface area contributed by atoms with E-state index in [1.807, 2.05) is 0 Å². The van der Waals surface area contributed by atoms with Crippen LogP contribution >= 0.6 is 0 Å². The molecule has 0 atom stereocenters. The molecule has 3 aliphatic rings. The fraction of sp³-hybridized carbons (Fsp3) is 0.462. The predicted octanol–water partition coefficient (Wildman–Crippen LogP) is 2.67. The van der Waals surface area contributed by atoms with Crippen LogP contribution in [-0.4, -0.2) is 89.2 Å². The number of hydrogen-bond acceptors (Lipinski definition) is 8. The number of fused-ring (bicyclic) bond motifs is 1. The van der Waals surface area contributed by atoms with E-state index in [2.05, 4.69) is 20.1 Å². The summed E-state index contributed by atoms with van der Waals surface area (Å²) >= 11 is 0. The lowest BCUT2D eigenvalue weighted by Gasteiger charge is -2.36. The highest BCUT2D eigenvalue weighted by atomic mass is 19.1. The summed E-state index contributed by atoms with van der Waals surface area (Å²) in [6.45, 7) is 5.42. The number of nitrogens with zero attached hydrogens (tertiary/aromatic N) is 6. The molecule has 2 saturated heterocycles. The summed E-state index contributed by atoms with van der Waals surface area (Å²) < 4.78 is 32.7. The van der Waals surface area contributed by atoms with Crippen molar-refractivity contribution < 1.29 is 18.3 Å². The summed E-state index contributed by atoms with van der Waals surface area (Å²) in [5, 5.41) is 3.50. The number of morpholine rings is 1. The van der Waals surface area contributed by atoms with Crippen molar-refractivity contribution in [3.8, 4) is 0 Å². The van der Waals surface area contributed by atoms with E-state index < -0.39 is 11.6 Å². The zero-order valence-electron chi connectivity index (χ0n) is 20.5. The highest BCUT2D eigenvalue weighted by Crippen LogP contribution is 2.31. The minimum absolute atomic E-state index is 0.124. The van der Waals surface area contributed by atoms with E-state index in [1.54, 1.807) is 17.2 Å². The van der Waals surface area contributed by atoms with E-state index in [-0.39, 0.29) is 5.91 Å². The number of benzene rings is 1. The lowest BCUT2D eigenvalue weighted by atomic mass is 10.1. The smallest absolute Gasteiger partial charge is 0.272 e. The summed E-state index contributed by atoms with van der Waals surface area (Å²) in [5.74, 6) is 0.271. The molecule has 1 amide bonds. The molecule has 1 aromatic carbocycles. The third kappa shape index (κ3) is 5.33. The maximum absolute atomic E-state index is 14.1. The molecule has 1 saturated carbocycles. The van der Waals surface area contributed by atoms with Gasteiger partial charge in [0.2, 0.25) is 0 Å². The lowest BCUT2D eigenvalue weighted by Crippen LogP contribution is -2.46. The summed E-state index contributed by atoms with van der Waals surface area (Å²) in [6.07, 6.45) is 3.80. The van der Waals surface area contributed by atoms with Gasteiger partial charge in [-0.1, -0.05) is 6.07 Å². The summed E-state index contributed by atoms with van der Waals surface area (Å²) in [7, 11) is 0. The molecule has 6 rings (SSSR count). The van der Waals surface area contributed by atoms with Crippen LogP contribution in [0.4, 0.5) is 20.4 Å². The highest BCUT2D eigenvalue weighted by molar-refractivity contribution is 5.95. The van der Waals surface area contributed by atoms with Crippen LogP contribution in [0.25, 0.3) is 11.0 Å². The molecule has 0 radical (unpaired) electrons. The average Bonchev–Trinajstić information content (AvgIpc) is 3.74. The molecule has 4 heterocycles. The van der Waals surface area contributed by atoms with E-state index in [1.165, 1.54) is 12.1 Å². The number of amides is 1. The van der Waals surface area contributed by atoms with Crippen LogP contribution in [0.3, 0.4) is 0 Å². The Morgan fingerprint density at radius 1 is 1.00 bits per heavy atom. The van der Waals surface area contributed by atoms with Crippen LogP contribution in [0, 0.1) is 11.6 Å². The van der Waals surface area contributed by atoms with Gasteiger partial charge in [-0.3, -0.25) is 9.69 Å². The van der Waals surface area contributed by atoms with Gasteiger partial charge in [-0.05, 0) is 25.0 Å². The Kier molecular flexibility index (Phi) is 6.56. The second kappa shape index (κ2) is 10.1. The van der Waals surface area contributed by atoms with Crippen molar-refractivity contribution in [1.29, 1.82) is 0 Å². The zero-order valence-corrected chi connectivity index (χ0v) is 20.5. The van der Waals surface area contributed by atoms with Crippen LogP contribution in [0.2, 0.25) is 0 Å². The Balaban J connectivity index is 1.20. The molecular weight excluding hydrogens is 480 g/mol. The van der Waals surface area contributed by atoms with Crippen molar-refractivity contribution in [2.45, 2.75) is 25.4 Å². The van der Waals surface area contributed by atoms with Crippen LogP contribution in [0.5, 0.6) is 0 Å². The van der Waals surface area contributed by atoms with Crippen molar-refractivity contribution in [3.63, 3.8) is 0 Å². The van der Waals surface area contributed by atoms with Crippen molar-refractivity contribution in [3.05, 3.63) is 53.4 Å². The van der Waals surface area contributed by atoms with Gasteiger partial charge in [0.25, 0.3) is 5.91 Å². The number of ether oxygens (including phenoxy) is 1. The molecule has 0 unspecified atom stereocenters. The molecule has 1 N–H and O–H groups in total. The number of halogens is 2. The molecular formula is C26H29F2N7O2. The number of carbonyl (C=O) groups is 1. The maximum Gasteiger partial charge on any atom is 0.272 e. The fourth-order valence-electron chi connectivity index (χ4n) is 4.74. The molecule has 3 fully saturated rings. The first-order chi connectivity index (χ1) is 18.0. The first kappa shape index (κ1) is 23.9. The molecule has 194 valence electrons. The number of carbonyl (C=O) groups excluding carboxylic acids is 1. The predicted molar refractivity (Wildman–Crippen MR) is 135 cm³/mol. The van der Waals surface area contributed by atoms with E-state index in [0.29, 0.717) is 93.2 Å². The molecule has 11 heteroatoms. The monoisotopic (exact) mass is 509 g/mol. The SMILES string of the molecule is O=C(c1cc2nc(NC3CC3)c(N3CCN(Cc4ccc(F)cc4F)CC3)nc2cn1)N1CCOCC1. The van der Waals surface area contributed by atoms with Crippen molar-refractivity contribution >= 4 is 28.6 Å². The minimum atomic E-state index is -0.566. The number of hydrogen-bond donors (Lipinski definition) is 1. The molecule has 2 aliphatic heterocycles. The van der Waals surface area contributed by atoms with Gasteiger partial charge in [-0.2, -0.15) is 0 Å². The van der Waals surface area contributed by atoms with Gasteiger partial charge < -0.3 is 19.9 Å². The number of anilines is 2.